The number of fused-ring (bicyclic) bond motifs is 2. The molecular weight excluding hydrogens is 360 g/mol. The summed E-state index contributed by atoms with van der Waals surface area (Å²) in [4.78, 5) is 39.0. The van der Waals surface area contributed by atoms with E-state index in [1.54, 1.807) is 37.3 Å². The van der Waals surface area contributed by atoms with Crippen molar-refractivity contribution in [3.63, 3.8) is 0 Å². The molecule has 0 bridgehead atoms. The number of aromatic hydroxyl groups is 1. The standard InChI is InChI=1S/C21H16N2O5/c1-2-28-21(27)16-15-17(19(26)14-9-4-3-8-13(14)18(15)25)23(20(16)22)11-6-5-7-12(24)10-11/h3-10,24H,2,22H2,1H3. The lowest BCUT2D eigenvalue weighted by Crippen LogP contribution is -2.23. The molecule has 3 aromatic rings. The number of esters is 1. The van der Waals surface area contributed by atoms with Crippen LogP contribution in [0.3, 0.4) is 0 Å². The molecule has 0 radical (unpaired) electrons. The highest BCUT2D eigenvalue weighted by atomic mass is 16.5. The smallest absolute Gasteiger partial charge is 0.342 e. The number of hydrogen-bond acceptors (Lipinski definition) is 6. The first kappa shape index (κ1) is 17.5. The second-order valence-corrected chi connectivity index (χ2v) is 6.26. The number of carbonyl (C=O) groups excluding carboxylic acids is 3. The third kappa shape index (κ3) is 2.40. The Bertz CT molecular complexity index is 1160. The number of benzene rings is 2. The number of nitrogen functional groups attached to an aromatic ring is 1. The number of nitrogens with two attached hydrogens (primary N) is 1. The van der Waals surface area contributed by atoms with E-state index in [0.717, 1.165) is 0 Å². The molecule has 0 spiro atoms. The third-order valence-corrected chi connectivity index (χ3v) is 4.63. The first-order valence-electron chi connectivity index (χ1n) is 8.64. The van der Waals surface area contributed by atoms with Gasteiger partial charge in [-0.2, -0.15) is 0 Å². The summed E-state index contributed by atoms with van der Waals surface area (Å²) in [5.74, 6) is -1.83. The molecule has 7 nitrogen and oxygen atoms in total. The zero-order valence-electron chi connectivity index (χ0n) is 14.9. The number of nitrogens with zero attached hydrogens (tertiary/aromatic N) is 1. The quantitative estimate of drug-likeness (QED) is 0.532. The zero-order chi connectivity index (χ0) is 20.0. The van der Waals surface area contributed by atoms with Crippen LogP contribution in [0, 0.1) is 0 Å². The second-order valence-electron chi connectivity index (χ2n) is 6.26. The van der Waals surface area contributed by atoms with Gasteiger partial charge in [0.15, 0.2) is 5.78 Å². The lowest BCUT2D eigenvalue weighted by molar-refractivity contribution is 0.0525. The largest absolute Gasteiger partial charge is 0.508 e. The van der Waals surface area contributed by atoms with Crippen LogP contribution in [0.25, 0.3) is 5.69 Å². The zero-order valence-corrected chi connectivity index (χ0v) is 14.9. The van der Waals surface area contributed by atoms with Crippen LogP contribution in [0.2, 0.25) is 0 Å². The van der Waals surface area contributed by atoms with Gasteiger partial charge in [-0.25, -0.2) is 4.79 Å². The number of carbonyl (C=O) groups is 3. The molecule has 0 amide bonds. The number of ketones is 2. The van der Waals surface area contributed by atoms with Crippen LogP contribution in [0.4, 0.5) is 5.82 Å². The summed E-state index contributed by atoms with van der Waals surface area (Å²) < 4.78 is 6.39. The van der Waals surface area contributed by atoms with Crippen molar-refractivity contribution in [3.05, 3.63) is 76.5 Å². The van der Waals surface area contributed by atoms with Crippen LogP contribution in [0.1, 0.15) is 49.3 Å². The Morgan fingerprint density at radius 2 is 1.75 bits per heavy atom. The van der Waals surface area contributed by atoms with Crippen molar-refractivity contribution in [2.75, 3.05) is 12.3 Å². The van der Waals surface area contributed by atoms with Crippen LogP contribution in [0.5, 0.6) is 5.75 Å². The summed E-state index contributed by atoms with van der Waals surface area (Å²) in [5.41, 5.74) is 6.78. The van der Waals surface area contributed by atoms with Crippen molar-refractivity contribution < 1.29 is 24.2 Å². The van der Waals surface area contributed by atoms with Crippen molar-refractivity contribution in [2.45, 2.75) is 6.92 Å². The summed E-state index contributed by atoms with van der Waals surface area (Å²) in [6.07, 6.45) is 0. The molecule has 0 saturated heterocycles. The molecule has 7 heteroatoms. The van der Waals surface area contributed by atoms with Crippen molar-refractivity contribution in [1.82, 2.24) is 4.57 Å². The SMILES string of the molecule is CCOC(=O)c1c2c(n(-c3cccc(O)c3)c1N)C(=O)c1ccccc1C2=O. The first-order valence-corrected chi connectivity index (χ1v) is 8.64. The number of anilines is 1. The van der Waals surface area contributed by atoms with Gasteiger partial charge in [0.1, 0.15) is 22.8 Å². The maximum Gasteiger partial charge on any atom is 0.342 e. The van der Waals surface area contributed by atoms with E-state index < -0.39 is 17.5 Å². The van der Waals surface area contributed by atoms with E-state index in [1.807, 2.05) is 0 Å². The maximum absolute atomic E-state index is 13.2. The second kappa shape index (κ2) is 6.38. The molecule has 28 heavy (non-hydrogen) atoms. The number of rotatable bonds is 3. The number of aromatic nitrogens is 1. The van der Waals surface area contributed by atoms with Crippen molar-refractivity contribution in [2.24, 2.45) is 0 Å². The lowest BCUT2D eigenvalue weighted by atomic mass is 9.86. The van der Waals surface area contributed by atoms with Gasteiger partial charge in [-0.3, -0.25) is 14.2 Å². The molecule has 4 rings (SSSR count). The number of phenols is 1. The van der Waals surface area contributed by atoms with Gasteiger partial charge in [0.25, 0.3) is 0 Å². The molecule has 0 aliphatic heterocycles. The predicted octanol–water partition coefficient (Wildman–Crippen LogP) is 2.72. The van der Waals surface area contributed by atoms with Gasteiger partial charge in [0, 0.05) is 17.2 Å². The molecule has 3 N–H and O–H groups in total. The molecule has 2 aromatic carbocycles. The Labute approximate surface area is 160 Å². The maximum atomic E-state index is 13.2. The van der Waals surface area contributed by atoms with E-state index in [-0.39, 0.29) is 46.1 Å². The van der Waals surface area contributed by atoms with Crippen molar-refractivity contribution in [1.29, 1.82) is 0 Å². The Kier molecular flexibility index (Phi) is 4.00. The summed E-state index contributed by atoms with van der Waals surface area (Å²) in [6, 6.07) is 12.4. The monoisotopic (exact) mass is 376 g/mol. The van der Waals surface area contributed by atoms with Gasteiger partial charge in [-0.05, 0) is 19.1 Å². The average Bonchev–Trinajstić information content (AvgIpc) is 2.99. The Balaban J connectivity index is 2.09. The highest BCUT2D eigenvalue weighted by Gasteiger charge is 2.40. The Morgan fingerprint density at radius 3 is 2.39 bits per heavy atom. The summed E-state index contributed by atoms with van der Waals surface area (Å²) in [5, 5.41) is 9.85. The molecular formula is C21H16N2O5. The summed E-state index contributed by atoms with van der Waals surface area (Å²) in [7, 11) is 0. The minimum absolute atomic E-state index is 0.0187. The van der Waals surface area contributed by atoms with Crippen LogP contribution in [-0.2, 0) is 4.74 Å². The highest BCUT2D eigenvalue weighted by Crippen LogP contribution is 2.37. The third-order valence-electron chi connectivity index (χ3n) is 4.63. The Morgan fingerprint density at radius 1 is 1.07 bits per heavy atom. The first-order chi connectivity index (χ1) is 13.5. The normalized spacial score (nSPS) is 12.5. The minimum Gasteiger partial charge on any atom is -0.508 e. The fourth-order valence-corrected chi connectivity index (χ4v) is 3.48. The predicted molar refractivity (Wildman–Crippen MR) is 101 cm³/mol. The van der Waals surface area contributed by atoms with Gasteiger partial charge in [0.05, 0.1) is 17.9 Å². The van der Waals surface area contributed by atoms with E-state index in [2.05, 4.69) is 0 Å². The number of phenolic OH excluding ortho intramolecular Hbond substituents is 1. The van der Waals surface area contributed by atoms with Crippen LogP contribution in [-0.4, -0.2) is 33.8 Å². The fraction of sp³-hybridized carbons (Fsp3) is 0.0952. The van der Waals surface area contributed by atoms with Crippen LogP contribution in [0.15, 0.2) is 48.5 Å². The topological polar surface area (TPSA) is 112 Å². The molecule has 1 aliphatic carbocycles. The van der Waals surface area contributed by atoms with E-state index in [0.29, 0.717) is 5.69 Å². The minimum atomic E-state index is -0.782. The van der Waals surface area contributed by atoms with Crippen LogP contribution >= 0.6 is 0 Å². The summed E-state index contributed by atoms with van der Waals surface area (Å²) in [6.45, 7) is 1.72. The highest BCUT2D eigenvalue weighted by molar-refractivity contribution is 6.31. The molecule has 0 unspecified atom stereocenters. The van der Waals surface area contributed by atoms with Gasteiger partial charge < -0.3 is 15.6 Å². The van der Waals surface area contributed by atoms with Crippen molar-refractivity contribution in [3.8, 4) is 11.4 Å². The molecule has 1 heterocycles. The molecule has 0 atom stereocenters. The van der Waals surface area contributed by atoms with E-state index in [9.17, 15) is 19.5 Å². The van der Waals surface area contributed by atoms with Gasteiger partial charge >= 0.3 is 5.97 Å². The summed E-state index contributed by atoms with van der Waals surface area (Å²) >= 11 is 0. The fourth-order valence-electron chi connectivity index (χ4n) is 3.48. The number of ether oxygens (including phenoxy) is 1. The molecule has 140 valence electrons. The molecule has 1 aliphatic rings. The van der Waals surface area contributed by atoms with E-state index in [4.69, 9.17) is 10.5 Å². The number of hydrogen-bond donors (Lipinski definition) is 2. The molecule has 0 saturated carbocycles. The van der Waals surface area contributed by atoms with Gasteiger partial charge in [-0.1, -0.05) is 30.3 Å². The van der Waals surface area contributed by atoms with E-state index in [1.165, 1.54) is 22.8 Å². The van der Waals surface area contributed by atoms with Gasteiger partial charge in [-0.15, -0.1) is 0 Å². The Hall–Kier alpha value is -3.87. The molecule has 0 fully saturated rings. The van der Waals surface area contributed by atoms with Crippen molar-refractivity contribution >= 4 is 23.4 Å². The lowest BCUT2D eigenvalue weighted by Gasteiger charge is -2.17. The van der Waals surface area contributed by atoms with Crippen LogP contribution < -0.4 is 5.73 Å². The molecule has 1 aromatic heterocycles. The average molecular weight is 376 g/mol. The van der Waals surface area contributed by atoms with E-state index >= 15 is 0 Å². The van der Waals surface area contributed by atoms with Gasteiger partial charge in [0.2, 0.25) is 5.78 Å².